The van der Waals surface area contributed by atoms with Gasteiger partial charge in [0.1, 0.15) is 0 Å². The van der Waals surface area contributed by atoms with Crippen LogP contribution in [-0.4, -0.2) is 35.2 Å². The first-order chi connectivity index (χ1) is 11.0. The molecule has 0 spiro atoms. The van der Waals surface area contributed by atoms with Gasteiger partial charge in [-0.3, -0.25) is 9.79 Å². The van der Waals surface area contributed by atoms with Gasteiger partial charge in [-0.15, -0.1) is 0 Å². The molecule has 0 bridgehead atoms. The summed E-state index contributed by atoms with van der Waals surface area (Å²) in [5, 5.41) is 11.6. The first kappa shape index (κ1) is 15.2. The molecule has 1 saturated heterocycles. The van der Waals surface area contributed by atoms with E-state index in [0.717, 1.165) is 42.6 Å². The van der Waals surface area contributed by atoms with Gasteiger partial charge in [-0.25, -0.2) is 0 Å². The Morgan fingerprint density at radius 1 is 1.35 bits per heavy atom. The van der Waals surface area contributed by atoms with Gasteiger partial charge in [0.15, 0.2) is 0 Å². The van der Waals surface area contributed by atoms with E-state index in [1.165, 1.54) is 0 Å². The maximum absolute atomic E-state index is 11.5. The Hall–Kier alpha value is -1.39. The third-order valence-electron chi connectivity index (χ3n) is 5.76. The molecule has 2 unspecified atom stereocenters. The molecule has 4 rings (SSSR count). The molecule has 1 aromatic rings. The quantitative estimate of drug-likeness (QED) is 0.905. The molecule has 5 heteroatoms. The van der Waals surface area contributed by atoms with Crippen LogP contribution >= 0.6 is 11.6 Å². The second kappa shape index (κ2) is 5.60. The van der Waals surface area contributed by atoms with Crippen molar-refractivity contribution < 1.29 is 9.90 Å². The predicted molar refractivity (Wildman–Crippen MR) is 89.7 cm³/mol. The molecule has 0 aromatic heterocycles. The van der Waals surface area contributed by atoms with Crippen LogP contribution in [-0.2, 0) is 11.3 Å². The van der Waals surface area contributed by atoms with E-state index in [1.807, 2.05) is 23.2 Å². The lowest BCUT2D eigenvalue weighted by Gasteiger charge is -2.23. The van der Waals surface area contributed by atoms with Crippen LogP contribution in [0.2, 0.25) is 5.02 Å². The van der Waals surface area contributed by atoms with E-state index in [1.54, 1.807) is 6.92 Å². The van der Waals surface area contributed by atoms with Crippen LogP contribution in [0.1, 0.15) is 42.6 Å². The van der Waals surface area contributed by atoms with E-state index in [9.17, 15) is 9.90 Å². The summed E-state index contributed by atoms with van der Waals surface area (Å²) < 4.78 is 0. The molecule has 1 amide bonds. The highest BCUT2D eigenvalue weighted by molar-refractivity contribution is 6.31. The normalized spacial score (nSPS) is 29.7. The van der Waals surface area contributed by atoms with Gasteiger partial charge >= 0.3 is 0 Å². The number of aliphatic imine (C=N–C) groups is 1. The predicted octanol–water partition coefficient (Wildman–Crippen LogP) is 2.81. The van der Waals surface area contributed by atoms with Gasteiger partial charge < -0.3 is 10.0 Å². The van der Waals surface area contributed by atoms with Gasteiger partial charge in [0.05, 0.1) is 12.6 Å². The second-order valence-electron chi connectivity index (χ2n) is 7.15. The number of carbonyl (C=O) groups excluding carboxylic acids is 1. The summed E-state index contributed by atoms with van der Waals surface area (Å²) in [7, 11) is 0. The minimum absolute atomic E-state index is 0.168. The summed E-state index contributed by atoms with van der Waals surface area (Å²) in [4.78, 5) is 17.8. The summed E-state index contributed by atoms with van der Waals surface area (Å²) in [5.41, 5.74) is 3.09. The number of nitrogens with zero attached hydrogens (tertiary/aromatic N) is 2. The third kappa shape index (κ3) is 2.58. The van der Waals surface area contributed by atoms with Gasteiger partial charge in [-0.05, 0) is 59.4 Å². The van der Waals surface area contributed by atoms with Gasteiger partial charge in [0.25, 0.3) is 0 Å². The highest BCUT2D eigenvalue weighted by Crippen LogP contribution is 2.47. The van der Waals surface area contributed by atoms with E-state index in [0.29, 0.717) is 23.4 Å². The number of fused-ring (bicyclic) bond motifs is 2. The van der Waals surface area contributed by atoms with Crippen molar-refractivity contribution in [1.29, 1.82) is 0 Å². The topological polar surface area (TPSA) is 52.9 Å². The largest absolute Gasteiger partial charge is 0.388 e. The number of hydrogen-bond acceptors (Lipinski definition) is 3. The molecule has 4 nitrogen and oxygen atoms in total. The highest BCUT2D eigenvalue weighted by Gasteiger charge is 2.44. The SMILES string of the molecule is CC(=O)N1C[C@H]2CC(C(O)c3cc(Cl)cc4c3CN=C4)C[C@H]2C1. The summed E-state index contributed by atoms with van der Waals surface area (Å²) in [6, 6.07) is 3.81. The van der Waals surface area contributed by atoms with E-state index in [2.05, 4.69) is 4.99 Å². The zero-order valence-electron chi connectivity index (χ0n) is 13.2. The molecular weight excluding hydrogens is 312 g/mol. The molecule has 122 valence electrons. The van der Waals surface area contributed by atoms with E-state index >= 15 is 0 Å². The van der Waals surface area contributed by atoms with Crippen LogP contribution in [0, 0.1) is 17.8 Å². The Kier molecular flexibility index (Phi) is 3.69. The molecule has 1 N–H and O–H groups in total. The number of amides is 1. The molecule has 3 aliphatic rings. The maximum atomic E-state index is 11.5. The monoisotopic (exact) mass is 332 g/mol. The molecule has 1 aromatic carbocycles. The zero-order valence-corrected chi connectivity index (χ0v) is 14.0. The van der Waals surface area contributed by atoms with Crippen LogP contribution in [0.3, 0.4) is 0 Å². The van der Waals surface area contributed by atoms with Crippen molar-refractivity contribution in [2.75, 3.05) is 13.1 Å². The molecule has 2 aliphatic heterocycles. The van der Waals surface area contributed by atoms with Gasteiger partial charge in [0.2, 0.25) is 5.91 Å². The van der Waals surface area contributed by atoms with Crippen molar-refractivity contribution in [1.82, 2.24) is 4.90 Å². The van der Waals surface area contributed by atoms with Crippen molar-refractivity contribution in [3.05, 3.63) is 33.8 Å². The fourth-order valence-electron chi connectivity index (χ4n) is 4.59. The molecule has 4 atom stereocenters. The van der Waals surface area contributed by atoms with Crippen LogP contribution in [0.5, 0.6) is 0 Å². The molecule has 23 heavy (non-hydrogen) atoms. The molecule has 2 fully saturated rings. The first-order valence-corrected chi connectivity index (χ1v) is 8.66. The lowest BCUT2D eigenvalue weighted by atomic mass is 9.89. The number of benzene rings is 1. The minimum Gasteiger partial charge on any atom is -0.388 e. The Labute approximate surface area is 141 Å². The van der Waals surface area contributed by atoms with Gasteiger partial charge in [0, 0.05) is 31.3 Å². The van der Waals surface area contributed by atoms with E-state index in [-0.39, 0.29) is 11.8 Å². The fraction of sp³-hybridized carbons (Fsp3) is 0.556. The van der Waals surface area contributed by atoms with Crippen molar-refractivity contribution in [2.45, 2.75) is 32.4 Å². The Balaban J connectivity index is 1.52. The average Bonchev–Trinajstić information content (AvgIpc) is 3.18. The number of aliphatic hydroxyl groups is 1. The number of aliphatic hydroxyl groups excluding tert-OH is 1. The Bertz CT molecular complexity index is 674. The minimum atomic E-state index is -0.486. The van der Waals surface area contributed by atoms with E-state index in [4.69, 9.17) is 11.6 Å². The van der Waals surface area contributed by atoms with Crippen molar-refractivity contribution in [2.24, 2.45) is 22.7 Å². The smallest absolute Gasteiger partial charge is 0.219 e. The van der Waals surface area contributed by atoms with Crippen molar-refractivity contribution in [3.63, 3.8) is 0 Å². The van der Waals surface area contributed by atoms with Crippen LogP contribution in [0.4, 0.5) is 0 Å². The lowest BCUT2D eigenvalue weighted by molar-refractivity contribution is -0.128. The number of likely N-dealkylation sites (tertiary alicyclic amines) is 1. The number of halogens is 1. The van der Waals surface area contributed by atoms with Crippen LogP contribution in [0.25, 0.3) is 0 Å². The highest BCUT2D eigenvalue weighted by atomic mass is 35.5. The van der Waals surface area contributed by atoms with Gasteiger partial charge in [-0.1, -0.05) is 11.6 Å². The standard InChI is InChI=1S/C18H21ClN2O2/c1-10(22)21-8-13-2-11(3-14(13)9-21)18(23)16-5-15(19)4-12-6-20-7-17(12)16/h4-6,11,13-14,18,23H,2-3,7-9H2,1H3/t11?,13-,14+,18?. The van der Waals surface area contributed by atoms with Crippen molar-refractivity contribution in [3.8, 4) is 0 Å². The Morgan fingerprint density at radius 2 is 2.04 bits per heavy atom. The van der Waals surface area contributed by atoms with Crippen LogP contribution < -0.4 is 0 Å². The molecule has 1 saturated carbocycles. The molecule has 1 aliphatic carbocycles. The van der Waals surface area contributed by atoms with E-state index < -0.39 is 6.10 Å². The summed E-state index contributed by atoms with van der Waals surface area (Å²) in [6.07, 6.45) is 3.32. The summed E-state index contributed by atoms with van der Waals surface area (Å²) >= 11 is 6.21. The summed E-state index contributed by atoms with van der Waals surface area (Å²) in [6.45, 7) is 3.97. The number of hydrogen-bond donors (Lipinski definition) is 1. The maximum Gasteiger partial charge on any atom is 0.219 e. The molecular formula is C18H21ClN2O2. The second-order valence-corrected chi connectivity index (χ2v) is 7.59. The fourth-order valence-corrected chi connectivity index (χ4v) is 4.83. The zero-order chi connectivity index (χ0) is 16.1. The third-order valence-corrected chi connectivity index (χ3v) is 5.98. The summed E-state index contributed by atoms with van der Waals surface area (Å²) in [5.74, 6) is 1.48. The Morgan fingerprint density at radius 3 is 2.70 bits per heavy atom. The number of carbonyl (C=O) groups is 1. The molecule has 2 heterocycles. The lowest BCUT2D eigenvalue weighted by Crippen LogP contribution is -2.27. The number of rotatable bonds is 2. The first-order valence-electron chi connectivity index (χ1n) is 8.28. The molecule has 0 radical (unpaired) electrons. The average molecular weight is 333 g/mol. The van der Waals surface area contributed by atoms with Crippen molar-refractivity contribution >= 4 is 23.7 Å². The van der Waals surface area contributed by atoms with Gasteiger partial charge in [-0.2, -0.15) is 0 Å². The van der Waals surface area contributed by atoms with Crippen LogP contribution in [0.15, 0.2) is 17.1 Å².